The zero-order chi connectivity index (χ0) is 14.5. The van der Waals surface area contributed by atoms with Gasteiger partial charge in [0.2, 0.25) is 11.1 Å². The van der Waals surface area contributed by atoms with Gasteiger partial charge < -0.3 is 9.88 Å². The summed E-state index contributed by atoms with van der Waals surface area (Å²) in [5.41, 5.74) is 0. The Balaban J connectivity index is 1.85. The van der Waals surface area contributed by atoms with Crippen molar-refractivity contribution in [3.63, 3.8) is 0 Å². The summed E-state index contributed by atoms with van der Waals surface area (Å²) in [7, 11) is 0. The Morgan fingerprint density at radius 3 is 3.05 bits per heavy atom. The van der Waals surface area contributed by atoms with E-state index < -0.39 is 0 Å². The number of rotatable bonds is 6. The van der Waals surface area contributed by atoms with E-state index in [1.165, 1.54) is 11.8 Å². The lowest BCUT2D eigenvalue weighted by molar-refractivity contribution is -0.119. The fourth-order valence-electron chi connectivity index (χ4n) is 1.71. The summed E-state index contributed by atoms with van der Waals surface area (Å²) < 4.78 is 1.90. The van der Waals surface area contributed by atoms with Crippen LogP contribution in [0.15, 0.2) is 11.5 Å². The van der Waals surface area contributed by atoms with Crippen molar-refractivity contribution in [2.24, 2.45) is 0 Å². The zero-order valence-corrected chi connectivity index (χ0v) is 12.4. The van der Waals surface area contributed by atoms with Gasteiger partial charge >= 0.3 is 0 Å². The molecule has 1 atom stereocenters. The summed E-state index contributed by atoms with van der Waals surface area (Å²) in [6.07, 6.45) is 1.66. The van der Waals surface area contributed by atoms with Gasteiger partial charge in [-0.15, -0.1) is 15.3 Å². The van der Waals surface area contributed by atoms with Gasteiger partial charge in [-0.3, -0.25) is 9.89 Å². The van der Waals surface area contributed by atoms with Crippen LogP contribution in [-0.2, 0) is 11.3 Å². The van der Waals surface area contributed by atoms with Crippen LogP contribution in [0.5, 0.6) is 0 Å². The normalized spacial score (nSPS) is 12.3. The molecule has 0 bridgehead atoms. The van der Waals surface area contributed by atoms with Crippen molar-refractivity contribution >= 4 is 17.7 Å². The van der Waals surface area contributed by atoms with E-state index >= 15 is 0 Å². The molecular formula is C11H17N7OS. The summed E-state index contributed by atoms with van der Waals surface area (Å²) in [6, 6.07) is -0.181. The number of aryl methyl sites for hydroxylation is 2. The third kappa shape index (κ3) is 3.56. The minimum Gasteiger partial charge on any atom is -0.346 e. The Morgan fingerprint density at radius 2 is 2.40 bits per heavy atom. The molecule has 2 rings (SSSR count). The van der Waals surface area contributed by atoms with E-state index in [0.29, 0.717) is 5.16 Å². The van der Waals surface area contributed by atoms with Gasteiger partial charge in [0.1, 0.15) is 12.2 Å². The van der Waals surface area contributed by atoms with E-state index in [1.54, 1.807) is 6.33 Å². The smallest absolute Gasteiger partial charge is 0.231 e. The highest BCUT2D eigenvalue weighted by Crippen LogP contribution is 2.13. The molecule has 2 N–H and O–H groups in total. The number of hydrogen-bond donors (Lipinski definition) is 2. The van der Waals surface area contributed by atoms with E-state index in [9.17, 15) is 4.79 Å². The maximum atomic E-state index is 11.9. The molecule has 0 saturated heterocycles. The molecule has 20 heavy (non-hydrogen) atoms. The lowest BCUT2D eigenvalue weighted by Gasteiger charge is -2.13. The molecule has 108 valence electrons. The van der Waals surface area contributed by atoms with Gasteiger partial charge in [0.25, 0.3) is 0 Å². The van der Waals surface area contributed by atoms with Crippen molar-refractivity contribution in [1.29, 1.82) is 0 Å². The first-order valence-electron chi connectivity index (χ1n) is 6.29. The van der Waals surface area contributed by atoms with Gasteiger partial charge in [-0.25, -0.2) is 4.98 Å². The van der Waals surface area contributed by atoms with Crippen molar-refractivity contribution in [2.45, 2.75) is 38.5 Å². The average Bonchev–Trinajstić information content (AvgIpc) is 3.04. The van der Waals surface area contributed by atoms with Gasteiger partial charge in [-0.2, -0.15) is 0 Å². The first-order valence-corrected chi connectivity index (χ1v) is 7.27. The largest absolute Gasteiger partial charge is 0.346 e. The second-order valence-corrected chi connectivity index (χ2v) is 5.20. The van der Waals surface area contributed by atoms with E-state index in [0.717, 1.165) is 18.2 Å². The standard InChI is InChI=1S/C11H17N7OS/c1-4-18-6-12-16-10(18)7(2)13-9(19)5-20-11-14-8(3)15-17-11/h6-7H,4-5H2,1-3H3,(H,13,19)(H,14,15,17). The predicted octanol–water partition coefficient (Wildman–Crippen LogP) is 0.694. The predicted molar refractivity (Wildman–Crippen MR) is 74.1 cm³/mol. The van der Waals surface area contributed by atoms with Crippen LogP contribution in [0.2, 0.25) is 0 Å². The van der Waals surface area contributed by atoms with Crippen LogP contribution in [0.1, 0.15) is 31.5 Å². The topological polar surface area (TPSA) is 101 Å². The molecule has 0 saturated carbocycles. The van der Waals surface area contributed by atoms with Gasteiger partial charge in [0, 0.05) is 6.54 Å². The molecule has 8 nitrogen and oxygen atoms in total. The van der Waals surface area contributed by atoms with Gasteiger partial charge in [0.05, 0.1) is 11.8 Å². The van der Waals surface area contributed by atoms with E-state index in [2.05, 4.69) is 30.7 Å². The van der Waals surface area contributed by atoms with Crippen LogP contribution in [0.4, 0.5) is 0 Å². The Morgan fingerprint density at radius 1 is 1.60 bits per heavy atom. The zero-order valence-electron chi connectivity index (χ0n) is 11.6. The Bertz CT molecular complexity index is 579. The van der Waals surface area contributed by atoms with Crippen molar-refractivity contribution in [2.75, 3.05) is 5.75 Å². The lowest BCUT2D eigenvalue weighted by Crippen LogP contribution is -2.30. The molecule has 0 aromatic carbocycles. The van der Waals surface area contributed by atoms with Crippen LogP contribution in [0, 0.1) is 6.92 Å². The summed E-state index contributed by atoms with van der Waals surface area (Å²) in [6.45, 7) is 6.48. The molecule has 9 heteroatoms. The van der Waals surface area contributed by atoms with E-state index in [1.807, 2.05) is 25.3 Å². The second-order valence-electron chi connectivity index (χ2n) is 4.26. The van der Waals surface area contributed by atoms with Crippen LogP contribution >= 0.6 is 11.8 Å². The third-order valence-corrected chi connectivity index (χ3v) is 3.51. The summed E-state index contributed by atoms with van der Waals surface area (Å²) in [4.78, 5) is 16.0. The van der Waals surface area contributed by atoms with Crippen molar-refractivity contribution in [3.05, 3.63) is 18.0 Å². The summed E-state index contributed by atoms with van der Waals surface area (Å²) >= 11 is 1.29. The Hall–Kier alpha value is -1.90. The molecule has 0 fully saturated rings. The number of hydrogen-bond acceptors (Lipinski definition) is 6. The quantitative estimate of drug-likeness (QED) is 0.760. The number of aromatic nitrogens is 6. The summed E-state index contributed by atoms with van der Waals surface area (Å²) in [5, 5.41) is 18.0. The molecule has 0 radical (unpaired) electrons. The number of amides is 1. The van der Waals surface area contributed by atoms with Crippen molar-refractivity contribution in [1.82, 2.24) is 35.3 Å². The second kappa shape index (κ2) is 6.51. The number of nitrogens with one attached hydrogen (secondary N) is 2. The lowest BCUT2D eigenvalue weighted by atomic mass is 10.3. The summed E-state index contributed by atoms with van der Waals surface area (Å²) in [5.74, 6) is 1.66. The fraction of sp³-hybridized carbons (Fsp3) is 0.545. The Labute approximate surface area is 120 Å². The van der Waals surface area contributed by atoms with Crippen molar-refractivity contribution in [3.8, 4) is 0 Å². The monoisotopic (exact) mass is 295 g/mol. The minimum absolute atomic E-state index is 0.0874. The molecule has 2 heterocycles. The SMILES string of the molecule is CCn1cnnc1C(C)NC(=O)CSc1n[nH]c(C)n1. The highest BCUT2D eigenvalue weighted by atomic mass is 32.2. The number of thioether (sulfide) groups is 1. The van der Waals surface area contributed by atoms with Gasteiger partial charge in [-0.05, 0) is 20.8 Å². The van der Waals surface area contributed by atoms with Crippen molar-refractivity contribution < 1.29 is 4.79 Å². The first-order chi connectivity index (χ1) is 9.60. The maximum absolute atomic E-state index is 11.9. The average molecular weight is 295 g/mol. The molecule has 1 amide bonds. The third-order valence-electron chi connectivity index (χ3n) is 2.66. The highest BCUT2D eigenvalue weighted by molar-refractivity contribution is 7.99. The minimum atomic E-state index is -0.181. The van der Waals surface area contributed by atoms with Gasteiger partial charge in [-0.1, -0.05) is 11.8 Å². The van der Waals surface area contributed by atoms with Crippen LogP contribution in [0.25, 0.3) is 0 Å². The molecule has 0 aliphatic heterocycles. The van der Waals surface area contributed by atoms with E-state index in [4.69, 9.17) is 0 Å². The number of aromatic amines is 1. The fourth-order valence-corrected chi connectivity index (χ4v) is 2.36. The number of H-pyrrole nitrogens is 1. The number of nitrogens with zero attached hydrogens (tertiary/aromatic N) is 5. The number of carbonyl (C=O) groups excluding carboxylic acids is 1. The van der Waals surface area contributed by atoms with Crippen LogP contribution in [-0.4, -0.2) is 41.6 Å². The molecule has 0 aliphatic carbocycles. The molecule has 2 aromatic heterocycles. The van der Waals surface area contributed by atoms with E-state index in [-0.39, 0.29) is 17.7 Å². The maximum Gasteiger partial charge on any atom is 0.231 e. The van der Waals surface area contributed by atoms with Crippen LogP contribution in [0.3, 0.4) is 0 Å². The first kappa shape index (κ1) is 14.5. The van der Waals surface area contributed by atoms with Gasteiger partial charge in [0.15, 0.2) is 5.82 Å². The highest BCUT2D eigenvalue weighted by Gasteiger charge is 2.15. The molecule has 0 spiro atoms. The van der Waals surface area contributed by atoms with Crippen LogP contribution < -0.4 is 5.32 Å². The Kier molecular flexibility index (Phi) is 4.72. The molecule has 0 aliphatic rings. The molecular weight excluding hydrogens is 278 g/mol. The number of carbonyl (C=O) groups is 1. The molecule has 2 aromatic rings. The molecule has 1 unspecified atom stereocenters.